The lowest BCUT2D eigenvalue weighted by Gasteiger charge is -2.08. The molecule has 3 nitrogen and oxygen atoms in total. The van der Waals surface area contributed by atoms with Crippen molar-refractivity contribution in [2.75, 3.05) is 5.32 Å². The molecule has 0 saturated carbocycles. The molecule has 15 heavy (non-hydrogen) atoms. The number of anilines is 1. The van der Waals surface area contributed by atoms with Gasteiger partial charge in [0.15, 0.2) is 0 Å². The molecule has 1 N–H and O–H groups in total. The minimum Gasteiger partial charge on any atom is -0.323 e. The van der Waals surface area contributed by atoms with Crippen molar-refractivity contribution in [1.29, 1.82) is 5.26 Å². The number of rotatable bonds is 2. The molecule has 78 valence electrons. The lowest BCUT2D eigenvalue weighted by molar-refractivity contribution is -0.115. The van der Waals surface area contributed by atoms with E-state index in [0.29, 0.717) is 5.69 Å². The van der Waals surface area contributed by atoms with E-state index >= 15 is 0 Å². The van der Waals surface area contributed by atoms with Crippen molar-refractivity contribution in [3.8, 4) is 6.07 Å². The average Bonchev–Trinajstić information content (AvgIpc) is 2.11. The Labute approximate surface area is 112 Å². The first kappa shape index (κ1) is 12.7. The number of hydrogen-bond donors (Lipinski definition) is 1. The first-order valence-corrected chi connectivity index (χ1v) is 6.24. The van der Waals surface area contributed by atoms with Crippen molar-refractivity contribution in [3.05, 3.63) is 25.6 Å². The Hall–Kier alpha value is -0.380. The number of nitrogens with zero attached hydrogens (tertiary/aromatic N) is 1. The maximum atomic E-state index is 11.2. The lowest BCUT2D eigenvalue weighted by Crippen LogP contribution is -2.11. The van der Waals surface area contributed by atoms with Crippen LogP contribution in [0.3, 0.4) is 0 Å². The van der Waals surface area contributed by atoms with Crippen LogP contribution in [0.1, 0.15) is 6.42 Å². The molecular weight excluding hydrogens is 392 g/mol. The molecule has 0 radical (unpaired) electrons. The molecular formula is C9H5Br3N2O. The van der Waals surface area contributed by atoms with Crippen molar-refractivity contribution in [1.82, 2.24) is 0 Å². The van der Waals surface area contributed by atoms with Gasteiger partial charge in [-0.1, -0.05) is 15.9 Å². The number of amides is 1. The number of halogens is 3. The summed E-state index contributed by atoms with van der Waals surface area (Å²) in [7, 11) is 0. The second-order valence-electron chi connectivity index (χ2n) is 2.63. The van der Waals surface area contributed by atoms with E-state index < -0.39 is 0 Å². The first-order valence-electron chi connectivity index (χ1n) is 3.86. The molecule has 0 unspecified atom stereocenters. The predicted octanol–water partition coefficient (Wildman–Crippen LogP) is 3.83. The molecule has 0 fully saturated rings. The maximum absolute atomic E-state index is 11.2. The summed E-state index contributed by atoms with van der Waals surface area (Å²) in [5.41, 5.74) is 0.624. The molecule has 0 saturated heterocycles. The lowest BCUT2D eigenvalue weighted by atomic mass is 10.3. The van der Waals surface area contributed by atoms with Crippen LogP contribution in [0.5, 0.6) is 0 Å². The summed E-state index contributed by atoms with van der Waals surface area (Å²) >= 11 is 9.96. The maximum Gasteiger partial charge on any atom is 0.238 e. The summed E-state index contributed by atoms with van der Waals surface area (Å²) in [6.07, 6.45) is -0.158. The number of nitriles is 1. The molecule has 0 aliphatic rings. The van der Waals surface area contributed by atoms with Gasteiger partial charge >= 0.3 is 0 Å². The summed E-state index contributed by atoms with van der Waals surface area (Å²) in [5.74, 6) is -0.332. The van der Waals surface area contributed by atoms with Gasteiger partial charge in [-0.25, -0.2) is 0 Å². The molecule has 1 aromatic rings. The normalized spacial score (nSPS) is 9.47. The largest absolute Gasteiger partial charge is 0.323 e. The number of benzene rings is 1. The van der Waals surface area contributed by atoms with Crippen LogP contribution in [-0.4, -0.2) is 5.91 Å². The van der Waals surface area contributed by atoms with Crippen LogP contribution < -0.4 is 5.32 Å². The van der Waals surface area contributed by atoms with Gasteiger partial charge in [0.1, 0.15) is 6.42 Å². The van der Waals surface area contributed by atoms with E-state index in [2.05, 4.69) is 53.1 Å². The number of carbonyl (C=O) groups excluding carboxylic acids is 1. The number of carbonyl (C=O) groups is 1. The molecule has 0 aliphatic carbocycles. The van der Waals surface area contributed by atoms with Crippen molar-refractivity contribution in [2.24, 2.45) is 0 Å². The average molecular weight is 397 g/mol. The second-order valence-corrected chi connectivity index (χ2v) is 5.25. The van der Waals surface area contributed by atoms with E-state index in [4.69, 9.17) is 5.26 Å². The monoisotopic (exact) mass is 394 g/mol. The van der Waals surface area contributed by atoms with E-state index in [9.17, 15) is 4.79 Å². The molecule has 0 spiro atoms. The van der Waals surface area contributed by atoms with Crippen LogP contribution in [0.2, 0.25) is 0 Å². The summed E-state index contributed by atoms with van der Waals surface area (Å²) in [5, 5.41) is 11.0. The first-order chi connectivity index (χ1) is 7.04. The fourth-order valence-electron chi connectivity index (χ4n) is 0.917. The van der Waals surface area contributed by atoms with Crippen LogP contribution in [0.25, 0.3) is 0 Å². The minimum atomic E-state index is -0.332. The van der Waals surface area contributed by atoms with Gasteiger partial charge in [-0.2, -0.15) is 5.26 Å². The quantitative estimate of drug-likeness (QED) is 0.826. The molecule has 0 aromatic heterocycles. The van der Waals surface area contributed by atoms with Gasteiger partial charge in [-0.15, -0.1) is 0 Å². The Morgan fingerprint density at radius 1 is 1.33 bits per heavy atom. The Morgan fingerprint density at radius 3 is 2.33 bits per heavy atom. The Bertz CT molecular complexity index is 416. The minimum absolute atomic E-state index is 0.158. The molecule has 0 heterocycles. The van der Waals surface area contributed by atoms with Gasteiger partial charge in [-0.3, -0.25) is 4.79 Å². The van der Waals surface area contributed by atoms with E-state index in [0.717, 1.165) is 13.4 Å². The fourth-order valence-corrected chi connectivity index (χ4v) is 3.37. The van der Waals surface area contributed by atoms with Crippen molar-refractivity contribution < 1.29 is 4.79 Å². The third kappa shape index (κ3) is 3.59. The van der Waals surface area contributed by atoms with Gasteiger partial charge in [0.25, 0.3) is 0 Å². The highest BCUT2D eigenvalue weighted by Crippen LogP contribution is 2.34. The Kier molecular flexibility index (Phi) is 4.77. The third-order valence-electron chi connectivity index (χ3n) is 1.51. The zero-order valence-electron chi connectivity index (χ0n) is 7.35. The fraction of sp³-hybridized carbons (Fsp3) is 0.111. The van der Waals surface area contributed by atoms with Gasteiger partial charge < -0.3 is 5.32 Å². The van der Waals surface area contributed by atoms with Crippen molar-refractivity contribution >= 4 is 59.4 Å². The smallest absolute Gasteiger partial charge is 0.238 e. The van der Waals surface area contributed by atoms with E-state index in [1.54, 1.807) is 6.07 Å². The molecule has 6 heteroatoms. The summed E-state index contributed by atoms with van der Waals surface area (Å²) < 4.78 is 2.38. The van der Waals surface area contributed by atoms with E-state index in [1.165, 1.54) is 0 Å². The SMILES string of the molecule is N#CCC(=O)Nc1c(Br)cc(Br)cc1Br. The zero-order chi connectivity index (χ0) is 11.4. The topological polar surface area (TPSA) is 52.9 Å². The van der Waals surface area contributed by atoms with Crippen molar-refractivity contribution in [3.63, 3.8) is 0 Å². The highest BCUT2D eigenvalue weighted by Gasteiger charge is 2.09. The van der Waals surface area contributed by atoms with Gasteiger partial charge in [-0.05, 0) is 44.0 Å². The van der Waals surface area contributed by atoms with Crippen LogP contribution in [0, 0.1) is 11.3 Å². The molecule has 0 aliphatic heterocycles. The molecule has 1 rings (SSSR count). The molecule has 1 aromatic carbocycles. The van der Waals surface area contributed by atoms with E-state index in [1.807, 2.05) is 12.1 Å². The zero-order valence-corrected chi connectivity index (χ0v) is 12.1. The molecule has 0 bridgehead atoms. The van der Waals surface area contributed by atoms with Gasteiger partial charge in [0.05, 0.1) is 11.8 Å². The Morgan fingerprint density at radius 2 is 1.87 bits per heavy atom. The van der Waals surface area contributed by atoms with Gasteiger partial charge in [0, 0.05) is 13.4 Å². The highest BCUT2D eigenvalue weighted by atomic mass is 79.9. The molecule has 1 amide bonds. The van der Waals surface area contributed by atoms with Crippen LogP contribution >= 0.6 is 47.8 Å². The summed E-state index contributed by atoms with van der Waals surface area (Å²) in [4.78, 5) is 11.2. The summed E-state index contributed by atoms with van der Waals surface area (Å²) in [6.45, 7) is 0. The number of hydrogen-bond acceptors (Lipinski definition) is 2. The highest BCUT2D eigenvalue weighted by molar-refractivity contribution is 9.11. The molecule has 0 atom stereocenters. The third-order valence-corrected chi connectivity index (χ3v) is 3.22. The predicted molar refractivity (Wildman–Crippen MR) is 68.4 cm³/mol. The van der Waals surface area contributed by atoms with Crippen LogP contribution in [-0.2, 0) is 4.79 Å². The Balaban J connectivity index is 2.96. The summed E-state index contributed by atoms with van der Waals surface area (Å²) in [6, 6.07) is 5.41. The van der Waals surface area contributed by atoms with Gasteiger partial charge in [0.2, 0.25) is 5.91 Å². The number of nitrogens with one attached hydrogen (secondary N) is 1. The standard InChI is InChI=1S/C9H5Br3N2O/c10-5-3-6(11)9(7(12)4-5)14-8(15)1-2-13/h3-4H,1H2,(H,14,15). The second kappa shape index (κ2) is 5.64. The van der Waals surface area contributed by atoms with Crippen LogP contribution in [0.4, 0.5) is 5.69 Å². The van der Waals surface area contributed by atoms with E-state index in [-0.39, 0.29) is 12.3 Å². The van der Waals surface area contributed by atoms with Crippen LogP contribution in [0.15, 0.2) is 25.6 Å². The van der Waals surface area contributed by atoms with Crippen molar-refractivity contribution in [2.45, 2.75) is 6.42 Å².